The van der Waals surface area contributed by atoms with E-state index in [4.69, 9.17) is 5.73 Å². The molecule has 148 valence electrons. The Labute approximate surface area is 171 Å². The molecular weight excluding hydrogens is 378 g/mol. The van der Waals surface area contributed by atoms with Crippen molar-refractivity contribution in [1.29, 1.82) is 0 Å². The second kappa shape index (κ2) is 7.32. The highest BCUT2D eigenvalue weighted by Gasteiger charge is 2.12. The minimum absolute atomic E-state index is 0.107. The predicted molar refractivity (Wildman–Crippen MR) is 116 cm³/mol. The standard InChI is InChI=1S/C22H19N7O/c23-21-17-13-29(11-10-24-22(30)14-4-2-1-3-5-14)28-20(17)16-7-6-15(12-19(16)26-21)18-8-9-25-27-18/h1-9,12-13H,10-11H2,(H2,23,26)(H,24,30)(H,25,27). The number of nitrogen functional groups attached to an aromatic ring is 1. The maximum Gasteiger partial charge on any atom is 0.251 e. The topological polar surface area (TPSA) is 115 Å². The van der Waals surface area contributed by atoms with Crippen LogP contribution in [0.1, 0.15) is 10.4 Å². The lowest BCUT2D eigenvalue weighted by atomic mass is 10.1. The van der Waals surface area contributed by atoms with E-state index in [-0.39, 0.29) is 5.91 Å². The fourth-order valence-corrected chi connectivity index (χ4v) is 3.49. The van der Waals surface area contributed by atoms with Crippen LogP contribution in [0.4, 0.5) is 5.82 Å². The Kier molecular flexibility index (Phi) is 4.36. The molecule has 0 atom stereocenters. The van der Waals surface area contributed by atoms with E-state index in [1.54, 1.807) is 23.0 Å². The molecule has 3 aromatic heterocycles. The molecule has 3 heterocycles. The molecule has 1 amide bonds. The number of nitrogens with two attached hydrogens (primary N) is 1. The summed E-state index contributed by atoms with van der Waals surface area (Å²) in [5.41, 5.74) is 10.2. The van der Waals surface area contributed by atoms with Crippen LogP contribution in [-0.2, 0) is 6.54 Å². The maximum atomic E-state index is 12.2. The minimum Gasteiger partial charge on any atom is -0.383 e. The summed E-state index contributed by atoms with van der Waals surface area (Å²) in [5.74, 6) is 0.320. The number of carbonyl (C=O) groups is 1. The first-order valence-electron chi connectivity index (χ1n) is 9.59. The number of anilines is 1. The third-order valence-corrected chi connectivity index (χ3v) is 4.99. The van der Waals surface area contributed by atoms with E-state index in [2.05, 4.69) is 25.6 Å². The van der Waals surface area contributed by atoms with Crippen molar-refractivity contribution in [3.05, 3.63) is 72.6 Å². The van der Waals surface area contributed by atoms with Gasteiger partial charge in [-0.05, 0) is 30.3 Å². The number of hydrogen-bond donors (Lipinski definition) is 3. The Morgan fingerprint density at radius 1 is 1.10 bits per heavy atom. The predicted octanol–water partition coefficient (Wildman–Crippen LogP) is 2.99. The van der Waals surface area contributed by atoms with Crippen molar-refractivity contribution in [2.75, 3.05) is 12.3 Å². The van der Waals surface area contributed by atoms with E-state index >= 15 is 0 Å². The molecule has 5 rings (SSSR count). The number of benzene rings is 2. The molecule has 30 heavy (non-hydrogen) atoms. The van der Waals surface area contributed by atoms with Crippen molar-refractivity contribution in [3.8, 4) is 11.3 Å². The maximum absolute atomic E-state index is 12.2. The number of carbonyl (C=O) groups excluding carboxylic acids is 1. The number of H-pyrrole nitrogens is 1. The van der Waals surface area contributed by atoms with Gasteiger partial charge in [-0.25, -0.2) is 4.98 Å². The summed E-state index contributed by atoms with van der Waals surface area (Å²) in [5, 5.41) is 16.3. The second-order valence-corrected chi connectivity index (χ2v) is 6.96. The first kappa shape index (κ1) is 17.9. The first-order chi connectivity index (χ1) is 14.7. The molecule has 5 aromatic rings. The SMILES string of the molecule is Nc1nc2cc(-c3cc[nH]n3)ccc2c2nn(CCNC(=O)c3ccccc3)cc12. The summed E-state index contributed by atoms with van der Waals surface area (Å²) in [6, 6.07) is 17.0. The molecule has 0 saturated carbocycles. The lowest BCUT2D eigenvalue weighted by Gasteiger charge is -2.05. The van der Waals surface area contributed by atoms with Crippen LogP contribution in [0.2, 0.25) is 0 Å². The number of pyridine rings is 1. The molecular formula is C22H19N7O. The van der Waals surface area contributed by atoms with Crippen LogP contribution in [0.25, 0.3) is 33.1 Å². The lowest BCUT2D eigenvalue weighted by Crippen LogP contribution is -2.27. The number of fused-ring (bicyclic) bond motifs is 3. The number of amides is 1. The number of nitrogens with zero attached hydrogens (tertiary/aromatic N) is 4. The molecule has 8 heteroatoms. The van der Waals surface area contributed by atoms with E-state index in [0.29, 0.717) is 24.5 Å². The third kappa shape index (κ3) is 3.24. The zero-order valence-electron chi connectivity index (χ0n) is 16.0. The van der Waals surface area contributed by atoms with E-state index in [1.807, 2.05) is 48.7 Å². The quantitative estimate of drug-likeness (QED) is 0.422. The van der Waals surface area contributed by atoms with Gasteiger partial charge in [0.25, 0.3) is 5.91 Å². The number of nitrogens with one attached hydrogen (secondary N) is 2. The van der Waals surface area contributed by atoms with Gasteiger partial charge >= 0.3 is 0 Å². The summed E-state index contributed by atoms with van der Waals surface area (Å²) in [6.45, 7) is 0.982. The fourth-order valence-electron chi connectivity index (χ4n) is 3.49. The Balaban J connectivity index is 1.40. The molecule has 2 aromatic carbocycles. The average Bonchev–Trinajstić information content (AvgIpc) is 3.45. The highest BCUT2D eigenvalue weighted by molar-refractivity contribution is 6.08. The van der Waals surface area contributed by atoms with Crippen molar-refractivity contribution in [2.45, 2.75) is 6.54 Å². The number of hydrogen-bond acceptors (Lipinski definition) is 5. The van der Waals surface area contributed by atoms with Crippen LogP contribution in [0.3, 0.4) is 0 Å². The van der Waals surface area contributed by atoms with Crippen LogP contribution in [0.15, 0.2) is 67.0 Å². The molecule has 0 aliphatic carbocycles. The van der Waals surface area contributed by atoms with Crippen molar-refractivity contribution in [2.24, 2.45) is 0 Å². The van der Waals surface area contributed by atoms with Gasteiger partial charge in [-0.2, -0.15) is 10.2 Å². The van der Waals surface area contributed by atoms with Crippen LogP contribution in [0.5, 0.6) is 0 Å². The van der Waals surface area contributed by atoms with Gasteiger partial charge in [-0.1, -0.05) is 24.3 Å². The van der Waals surface area contributed by atoms with Gasteiger partial charge < -0.3 is 11.1 Å². The van der Waals surface area contributed by atoms with Crippen LogP contribution in [0, 0.1) is 0 Å². The van der Waals surface area contributed by atoms with E-state index < -0.39 is 0 Å². The number of rotatable bonds is 5. The molecule has 0 radical (unpaired) electrons. The van der Waals surface area contributed by atoms with Crippen molar-refractivity contribution >= 4 is 33.5 Å². The second-order valence-electron chi connectivity index (χ2n) is 6.96. The number of aromatic nitrogens is 5. The zero-order valence-corrected chi connectivity index (χ0v) is 16.0. The zero-order chi connectivity index (χ0) is 20.5. The Morgan fingerprint density at radius 3 is 2.77 bits per heavy atom. The Bertz CT molecular complexity index is 1340. The highest BCUT2D eigenvalue weighted by atomic mass is 16.1. The third-order valence-electron chi connectivity index (χ3n) is 4.99. The summed E-state index contributed by atoms with van der Waals surface area (Å²) in [4.78, 5) is 16.7. The lowest BCUT2D eigenvalue weighted by molar-refractivity contribution is 0.0952. The van der Waals surface area contributed by atoms with Crippen molar-refractivity contribution in [1.82, 2.24) is 30.3 Å². The Hall–Kier alpha value is -4.20. The van der Waals surface area contributed by atoms with Crippen molar-refractivity contribution < 1.29 is 4.79 Å². The van der Waals surface area contributed by atoms with Gasteiger partial charge in [0.2, 0.25) is 0 Å². The minimum atomic E-state index is -0.107. The monoisotopic (exact) mass is 397 g/mol. The van der Waals surface area contributed by atoms with Gasteiger partial charge in [-0.3, -0.25) is 14.6 Å². The van der Waals surface area contributed by atoms with Crippen molar-refractivity contribution in [3.63, 3.8) is 0 Å². The molecule has 0 aliphatic heterocycles. The normalized spacial score (nSPS) is 11.2. The van der Waals surface area contributed by atoms with E-state index in [0.717, 1.165) is 33.1 Å². The highest BCUT2D eigenvalue weighted by Crippen LogP contribution is 2.29. The van der Waals surface area contributed by atoms with Crippen LogP contribution in [-0.4, -0.2) is 37.4 Å². The van der Waals surface area contributed by atoms with Gasteiger partial charge in [0.05, 0.1) is 23.1 Å². The van der Waals surface area contributed by atoms with Crippen LogP contribution < -0.4 is 11.1 Å². The van der Waals surface area contributed by atoms with Gasteiger partial charge in [-0.15, -0.1) is 0 Å². The van der Waals surface area contributed by atoms with Gasteiger partial charge in [0.15, 0.2) is 0 Å². The molecule has 0 saturated heterocycles. The molecule has 0 aliphatic rings. The summed E-state index contributed by atoms with van der Waals surface area (Å²) in [6.07, 6.45) is 3.65. The summed E-state index contributed by atoms with van der Waals surface area (Å²) < 4.78 is 1.79. The van der Waals surface area contributed by atoms with Gasteiger partial charge in [0.1, 0.15) is 11.3 Å². The van der Waals surface area contributed by atoms with Gasteiger partial charge in [0, 0.05) is 35.5 Å². The molecule has 8 nitrogen and oxygen atoms in total. The molecule has 4 N–H and O–H groups in total. The summed E-state index contributed by atoms with van der Waals surface area (Å²) >= 11 is 0. The molecule has 0 bridgehead atoms. The van der Waals surface area contributed by atoms with E-state index in [1.165, 1.54) is 0 Å². The molecule has 0 spiro atoms. The summed E-state index contributed by atoms with van der Waals surface area (Å²) in [7, 11) is 0. The average molecular weight is 397 g/mol. The Morgan fingerprint density at radius 2 is 1.97 bits per heavy atom. The largest absolute Gasteiger partial charge is 0.383 e. The van der Waals surface area contributed by atoms with E-state index in [9.17, 15) is 4.79 Å². The first-order valence-corrected chi connectivity index (χ1v) is 9.59. The smallest absolute Gasteiger partial charge is 0.251 e. The molecule has 0 fully saturated rings. The molecule has 0 unspecified atom stereocenters. The number of aromatic amines is 1. The van der Waals surface area contributed by atoms with Crippen LogP contribution >= 0.6 is 0 Å². The fraction of sp³-hybridized carbons (Fsp3) is 0.0909.